The molecule has 2 unspecified atom stereocenters. The zero-order valence-corrected chi connectivity index (χ0v) is 17.2. The first-order valence-corrected chi connectivity index (χ1v) is 9.22. The molecule has 0 saturated heterocycles. The smallest absolute Gasteiger partial charge is 0.339 e. The number of aromatic hydroxyl groups is 1. The number of hydroxylamine groups is 2. The van der Waals surface area contributed by atoms with Crippen molar-refractivity contribution >= 4 is 29.2 Å². The van der Waals surface area contributed by atoms with E-state index in [1.807, 2.05) is 0 Å². The van der Waals surface area contributed by atoms with Gasteiger partial charge in [0.2, 0.25) is 11.8 Å². The van der Waals surface area contributed by atoms with Crippen molar-refractivity contribution in [3.63, 3.8) is 0 Å². The fourth-order valence-corrected chi connectivity index (χ4v) is 2.38. The van der Waals surface area contributed by atoms with Crippen LogP contribution in [0, 0.1) is 11.8 Å². The molecule has 1 aliphatic rings. The Morgan fingerprint density at radius 3 is 2.47 bits per heavy atom. The molecule has 0 radical (unpaired) electrons. The molecule has 1 aliphatic heterocycles. The van der Waals surface area contributed by atoms with E-state index in [4.69, 9.17) is 43.5 Å². The number of urea groups is 1. The molecule has 0 aliphatic carbocycles. The fraction of sp³-hybridized carbons (Fsp3) is 0.211. The fourth-order valence-electron chi connectivity index (χ4n) is 2.06. The summed E-state index contributed by atoms with van der Waals surface area (Å²) in [5, 5.41) is 18.9. The molecule has 0 aromatic carbocycles. The summed E-state index contributed by atoms with van der Waals surface area (Å²) < 4.78 is 11.1. The van der Waals surface area contributed by atoms with Crippen LogP contribution in [0.25, 0.3) is 0 Å². The van der Waals surface area contributed by atoms with Crippen LogP contribution in [0.15, 0.2) is 48.7 Å². The van der Waals surface area contributed by atoms with Crippen molar-refractivity contribution in [3.05, 3.63) is 59.0 Å². The number of hydrogen-bond donors (Lipinski definition) is 3. The molecule has 4 N–H and O–H groups in total. The van der Waals surface area contributed by atoms with Crippen LogP contribution in [0.5, 0.6) is 11.8 Å². The first-order chi connectivity index (χ1) is 14.2. The molecule has 3 heterocycles. The number of aromatic nitrogens is 2. The number of primary amides is 1. The van der Waals surface area contributed by atoms with Gasteiger partial charge in [-0.15, -0.1) is 0 Å². The van der Waals surface area contributed by atoms with Crippen molar-refractivity contribution < 1.29 is 24.6 Å². The standard InChI is InChI=1S/C14H14ClN3O4.C5H4ClNO/c1-10(18(20)13(16)19)6-8-14(7-3-9-21-14)22-12-5-2-4-11(15)17-12;6-4-2-1-3-5(8)7-4/h2-5,9-10,20H,7H2,1H3,(H2,16,19);1-3H,(H,7,8). The third-order valence-corrected chi connectivity index (χ3v) is 3.89. The Bertz CT molecular complexity index is 951. The summed E-state index contributed by atoms with van der Waals surface area (Å²) in [6, 6.07) is 7.77. The molecule has 2 aromatic rings. The molecule has 30 heavy (non-hydrogen) atoms. The number of ether oxygens (including phenoxy) is 2. The third-order valence-electron chi connectivity index (χ3n) is 3.46. The number of nitrogens with two attached hydrogens (primary N) is 1. The summed E-state index contributed by atoms with van der Waals surface area (Å²) in [7, 11) is 0. The van der Waals surface area contributed by atoms with E-state index >= 15 is 0 Å². The van der Waals surface area contributed by atoms with Gasteiger partial charge < -0.3 is 20.3 Å². The molecular weight excluding hydrogens is 435 g/mol. The molecule has 0 saturated carbocycles. The molecule has 3 rings (SSSR count). The zero-order chi connectivity index (χ0) is 22.1. The van der Waals surface area contributed by atoms with Crippen LogP contribution in [0.1, 0.15) is 13.3 Å². The minimum absolute atomic E-state index is 0.0440. The molecular formula is C19H18Cl2N4O5. The molecule has 9 nitrogen and oxygen atoms in total. The second-order valence-electron chi connectivity index (χ2n) is 5.79. The Morgan fingerprint density at radius 2 is 1.97 bits per heavy atom. The van der Waals surface area contributed by atoms with Crippen LogP contribution in [-0.2, 0) is 4.74 Å². The van der Waals surface area contributed by atoms with E-state index < -0.39 is 17.9 Å². The summed E-state index contributed by atoms with van der Waals surface area (Å²) in [6.07, 6.45) is 3.53. The van der Waals surface area contributed by atoms with Crippen LogP contribution >= 0.6 is 23.2 Å². The van der Waals surface area contributed by atoms with Crippen molar-refractivity contribution in [1.82, 2.24) is 15.0 Å². The van der Waals surface area contributed by atoms with Crippen LogP contribution < -0.4 is 10.5 Å². The van der Waals surface area contributed by atoms with Gasteiger partial charge in [-0.25, -0.2) is 14.8 Å². The van der Waals surface area contributed by atoms with Crippen molar-refractivity contribution in [1.29, 1.82) is 0 Å². The molecule has 0 bridgehead atoms. The normalized spacial score (nSPS) is 17.5. The predicted octanol–water partition coefficient (Wildman–Crippen LogP) is 3.35. The number of nitrogens with zero attached hydrogens (tertiary/aromatic N) is 3. The highest BCUT2D eigenvalue weighted by atomic mass is 35.5. The van der Waals surface area contributed by atoms with Gasteiger partial charge in [-0.2, -0.15) is 5.06 Å². The molecule has 2 atom stereocenters. The van der Waals surface area contributed by atoms with E-state index in [1.54, 1.807) is 36.4 Å². The largest absolute Gasteiger partial charge is 0.493 e. The van der Waals surface area contributed by atoms with Gasteiger partial charge in [-0.3, -0.25) is 5.21 Å². The Morgan fingerprint density at radius 1 is 1.30 bits per heavy atom. The van der Waals surface area contributed by atoms with E-state index in [0.717, 1.165) is 0 Å². The van der Waals surface area contributed by atoms with E-state index in [9.17, 15) is 10.0 Å². The average molecular weight is 453 g/mol. The number of rotatable bonds is 3. The van der Waals surface area contributed by atoms with Crippen LogP contribution in [-0.4, -0.2) is 43.2 Å². The van der Waals surface area contributed by atoms with E-state index in [-0.39, 0.29) is 16.9 Å². The van der Waals surface area contributed by atoms with Gasteiger partial charge in [-0.05, 0) is 31.1 Å². The summed E-state index contributed by atoms with van der Waals surface area (Å²) in [5.41, 5.74) is 4.96. The lowest BCUT2D eigenvalue weighted by Gasteiger charge is -2.23. The summed E-state index contributed by atoms with van der Waals surface area (Å²) in [5.74, 6) is 4.32. The van der Waals surface area contributed by atoms with E-state index in [0.29, 0.717) is 16.6 Å². The number of carbonyl (C=O) groups excluding carboxylic acids is 1. The second kappa shape index (κ2) is 10.5. The SMILES string of the molecule is CC(C#CC1(Oc2cccc(Cl)n2)CC=CO1)N(O)C(N)=O.Oc1cccc(Cl)n1. The highest BCUT2D eigenvalue weighted by molar-refractivity contribution is 6.29. The Kier molecular flexibility index (Phi) is 8.12. The van der Waals surface area contributed by atoms with Gasteiger partial charge in [0.15, 0.2) is 0 Å². The number of amides is 2. The molecule has 11 heteroatoms. The number of hydrogen-bond acceptors (Lipinski definition) is 7. The van der Waals surface area contributed by atoms with E-state index in [2.05, 4.69) is 21.8 Å². The quantitative estimate of drug-likeness (QED) is 0.281. The Balaban J connectivity index is 0.000000335. The molecule has 0 fully saturated rings. The monoisotopic (exact) mass is 452 g/mol. The minimum Gasteiger partial charge on any atom is -0.493 e. The molecule has 2 amide bonds. The third kappa shape index (κ3) is 7.00. The van der Waals surface area contributed by atoms with Gasteiger partial charge in [0.1, 0.15) is 16.3 Å². The van der Waals surface area contributed by atoms with Crippen molar-refractivity contribution in [2.75, 3.05) is 0 Å². The zero-order valence-electron chi connectivity index (χ0n) is 15.7. The predicted molar refractivity (Wildman–Crippen MR) is 109 cm³/mol. The maximum Gasteiger partial charge on any atom is 0.339 e. The maximum atomic E-state index is 10.9. The van der Waals surface area contributed by atoms with Gasteiger partial charge in [0.05, 0.1) is 12.7 Å². The Hall–Kier alpha value is -3.19. The first-order valence-electron chi connectivity index (χ1n) is 8.47. The summed E-state index contributed by atoms with van der Waals surface area (Å²) in [6.45, 7) is 1.51. The van der Waals surface area contributed by atoms with E-state index in [1.165, 1.54) is 19.3 Å². The summed E-state index contributed by atoms with van der Waals surface area (Å²) >= 11 is 11.2. The summed E-state index contributed by atoms with van der Waals surface area (Å²) in [4.78, 5) is 18.4. The van der Waals surface area contributed by atoms with Crippen molar-refractivity contribution in [3.8, 4) is 23.6 Å². The molecule has 158 valence electrons. The first kappa shape index (κ1) is 23.1. The lowest BCUT2D eigenvalue weighted by atomic mass is 10.2. The Labute approximate surface area is 182 Å². The highest BCUT2D eigenvalue weighted by Gasteiger charge is 2.34. The molecule has 0 spiro atoms. The average Bonchev–Trinajstić information content (AvgIpc) is 3.14. The van der Waals surface area contributed by atoms with Crippen molar-refractivity contribution in [2.24, 2.45) is 5.73 Å². The van der Waals surface area contributed by atoms with Crippen LogP contribution in [0.4, 0.5) is 4.79 Å². The van der Waals surface area contributed by atoms with Gasteiger partial charge in [-0.1, -0.05) is 41.3 Å². The maximum absolute atomic E-state index is 10.9. The van der Waals surface area contributed by atoms with Crippen LogP contribution in [0.3, 0.4) is 0 Å². The van der Waals surface area contributed by atoms with Crippen molar-refractivity contribution in [2.45, 2.75) is 25.2 Å². The molecule has 2 aromatic heterocycles. The topological polar surface area (TPSA) is 131 Å². The number of pyridine rings is 2. The number of carbonyl (C=O) groups is 1. The van der Waals surface area contributed by atoms with Crippen LogP contribution in [0.2, 0.25) is 10.3 Å². The highest BCUT2D eigenvalue weighted by Crippen LogP contribution is 2.27. The van der Waals surface area contributed by atoms with Gasteiger partial charge in [0.25, 0.3) is 0 Å². The lowest BCUT2D eigenvalue weighted by Crippen LogP contribution is -2.39. The van der Waals surface area contributed by atoms with Gasteiger partial charge in [0, 0.05) is 12.1 Å². The van der Waals surface area contributed by atoms with Gasteiger partial charge >= 0.3 is 11.8 Å². The lowest BCUT2D eigenvalue weighted by molar-refractivity contribution is -0.0808. The minimum atomic E-state index is -1.29. The second-order valence-corrected chi connectivity index (χ2v) is 6.57. The number of halogens is 2.